The Morgan fingerprint density at radius 2 is 1.90 bits per heavy atom. The van der Waals surface area contributed by atoms with Crippen LogP contribution in [0.4, 0.5) is 0 Å². The molecule has 0 N–H and O–H groups in total. The monoisotopic (exact) mass is 281 g/mol. The molecule has 3 nitrogen and oxygen atoms in total. The van der Waals surface area contributed by atoms with Gasteiger partial charge in [0.1, 0.15) is 6.10 Å². The van der Waals surface area contributed by atoms with Crippen LogP contribution in [0.1, 0.15) is 59.3 Å². The van der Waals surface area contributed by atoms with Crippen molar-refractivity contribution in [2.75, 3.05) is 19.6 Å². The summed E-state index contributed by atoms with van der Waals surface area (Å²) >= 11 is 0. The van der Waals surface area contributed by atoms with E-state index in [1.165, 1.54) is 32.1 Å². The van der Waals surface area contributed by atoms with Crippen LogP contribution in [0, 0.1) is 17.8 Å². The number of esters is 1. The second kappa shape index (κ2) is 7.44. The van der Waals surface area contributed by atoms with Gasteiger partial charge in [0.05, 0.1) is 6.54 Å². The average molecular weight is 281 g/mol. The summed E-state index contributed by atoms with van der Waals surface area (Å²) in [6, 6.07) is 0. The molecule has 1 aliphatic heterocycles. The molecule has 3 atom stereocenters. The molecule has 0 spiro atoms. The smallest absolute Gasteiger partial charge is 0.320 e. The van der Waals surface area contributed by atoms with E-state index in [0.717, 1.165) is 19.5 Å². The molecule has 0 amide bonds. The lowest BCUT2D eigenvalue weighted by atomic mass is 9.75. The first kappa shape index (κ1) is 15.8. The van der Waals surface area contributed by atoms with Crippen LogP contribution in [0.15, 0.2) is 0 Å². The molecule has 0 unspecified atom stereocenters. The van der Waals surface area contributed by atoms with Crippen LogP contribution in [0.3, 0.4) is 0 Å². The number of hydrogen-bond acceptors (Lipinski definition) is 3. The molecule has 0 aromatic heterocycles. The van der Waals surface area contributed by atoms with Crippen molar-refractivity contribution in [1.82, 2.24) is 4.90 Å². The van der Waals surface area contributed by atoms with Crippen molar-refractivity contribution in [3.05, 3.63) is 0 Å². The summed E-state index contributed by atoms with van der Waals surface area (Å²) in [5.41, 5.74) is 0. The highest BCUT2D eigenvalue weighted by Gasteiger charge is 2.33. The highest BCUT2D eigenvalue weighted by Crippen LogP contribution is 2.35. The minimum absolute atomic E-state index is 0.00310. The Morgan fingerprint density at radius 3 is 2.55 bits per heavy atom. The summed E-state index contributed by atoms with van der Waals surface area (Å²) in [5, 5.41) is 0. The van der Waals surface area contributed by atoms with E-state index in [0.29, 0.717) is 24.3 Å². The molecule has 3 heteroatoms. The lowest BCUT2D eigenvalue weighted by Gasteiger charge is -2.37. The van der Waals surface area contributed by atoms with Crippen molar-refractivity contribution in [3.63, 3.8) is 0 Å². The van der Waals surface area contributed by atoms with Gasteiger partial charge in [-0.25, -0.2) is 0 Å². The van der Waals surface area contributed by atoms with Crippen molar-refractivity contribution < 1.29 is 9.53 Å². The standard InChI is InChI=1S/C17H31NO2/c1-13(2)15-8-7-14(3)11-16(15)20-17(19)12-18-9-5-4-6-10-18/h13-16H,4-12H2,1-3H3/t14-,15-,16-/m1/s1. The van der Waals surface area contributed by atoms with Gasteiger partial charge in [-0.1, -0.05) is 33.6 Å². The first-order valence-electron chi connectivity index (χ1n) is 8.48. The molecule has 1 saturated heterocycles. The molecule has 0 aromatic rings. The molecule has 0 aromatic carbocycles. The molecular weight excluding hydrogens is 250 g/mol. The van der Waals surface area contributed by atoms with Crippen LogP contribution in [0.2, 0.25) is 0 Å². The third-order valence-corrected chi connectivity index (χ3v) is 5.05. The second-order valence-corrected chi connectivity index (χ2v) is 7.19. The zero-order valence-corrected chi connectivity index (χ0v) is 13.4. The molecular formula is C17H31NO2. The van der Waals surface area contributed by atoms with Crippen molar-refractivity contribution in [2.24, 2.45) is 17.8 Å². The molecule has 1 saturated carbocycles. The van der Waals surface area contributed by atoms with E-state index in [1.54, 1.807) is 0 Å². The molecule has 1 heterocycles. The maximum absolute atomic E-state index is 12.2. The summed E-state index contributed by atoms with van der Waals surface area (Å²) in [4.78, 5) is 14.4. The van der Waals surface area contributed by atoms with Crippen molar-refractivity contribution >= 4 is 5.97 Å². The van der Waals surface area contributed by atoms with Crippen molar-refractivity contribution in [3.8, 4) is 0 Å². The molecule has 2 aliphatic rings. The van der Waals surface area contributed by atoms with E-state index in [-0.39, 0.29) is 12.1 Å². The first-order valence-corrected chi connectivity index (χ1v) is 8.48. The van der Waals surface area contributed by atoms with Gasteiger partial charge in [-0.05, 0) is 56.5 Å². The number of rotatable bonds is 4. The maximum Gasteiger partial charge on any atom is 0.320 e. The number of ether oxygens (including phenoxy) is 1. The zero-order chi connectivity index (χ0) is 14.5. The summed E-state index contributed by atoms with van der Waals surface area (Å²) in [5.74, 6) is 1.85. The molecule has 20 heavy (non-hydrogen) atoms. The van der Waals surface area contributed by atoms with Gasteiger partial charge in [-0.2, -0.15) is 0 Å². The van der Waals surface area contributed by atoms with Gasteiger partial charge in [0, 0.05) is 0 Å². The van der Waals surface area contributed by atoms with E-state index in [1.807, 2.05) is 0 Å². The third-order valence-electron chi connectivity index (χ3n) is 5.05. The minimum atomic E-state index is -0.00310. The van der Waals surface area contributed by atoms with Crippen LogP contribution >= 0.6 is 0 Å². The van der Waals surface area contributed by atoms with Gasteiger partial charge < -0.3 is 4.74 Å². The van der Waals surface area contributed by atoms with E-state index in [9.17, 15) is 4.79 Å². The van der Waals surface area contributed by atoms with E-state index >= 15 is 0 Å². The van der Waals surface area contributed by atoms with Gasteiger partial charge in [0.2, 0.25) is 0 Å². The molecule has 2 fully saturated rings. The predicted octanol–water partition coefficient (Wildman–Crippen LogP) is 3.48. The lowest BCUT2D eigenvalue weighted by molar-refractivity contribution is -0.157. The van der Waals surface area contributed by atoms with E-state index in [2.05, 4.69) is 25.7 Å². The Labute approximate surface area is 124 Å². The molecule has 0 bridgehead atoms. The molecule has 1 aliphatic carbocycles. The first-order chi connectivity index (χ1) is 9.56. The summed E-state index contributed by atoms with van der Waals surface area (Å²) in [6.45, 7) is 9.41. The number of carbonyl (C=O) groups is 1. The van der Waals surface area contributed by atoms with Crippen LogP contribution in [-0.4, -0.2) is 36.6 Å². The third kappa shape index (κ3) is 4.47. The van der Waals surface area contributed by atoms with Crippen LogP contribution in [0.5, 0.6) is 0 Å². The minimum Gasteiger partial charge on any atom is -0.461 e. The zero-order valence-electron chi connectivity index (χ0n) is 13.4. The van der Waals surface area contributed by atoms with Gasteiger partial charge in [0.25, 0.3) is 0 Å². The van der Waals surface area contributed by atoms with Crippen molar-refractivity contribution in [2.45, 2.75) is 65.4 Å². The lowest BCUT2D eigenvalue weighted by Crippen LogP contribution is -2.40. The number of hydrogen-bond donors (Lipinski definition) is 0. The molecule has 2 rings (SSSR count). The van der Waals surface area contributed by atoms with Gasteiger partial charge in [-0.15, -0.1) is 0 Å². The Kier molecular flexibility index (Phi) is 5.88. The Hall–Kier alpha value is -0.570. The van der Waals surface area contributed by atoms with E-state index < -0.39 is 0 Å². The average Bonchev–Trinajstić information content (AvgIpc) is 2.39. The largest absolute Gasteiger partial charge is 0.461 e. The topological polar surface area (TPSA) is 29.5 Å². The van der Waals surface area contributed by atoms with Crippen LogP contribution in [-0.2, 0) is 9.53 Å². The number of likely N-dealkylation sites (tertiary alicyclic amines) is 1. The number of piperidine rings is 1. The molecule has 0 radical (unpaired) electrons. The highest BCUT2D eigenvalue weighted by molar-refractivity contribution is 5.71. The Morgan fingerprint density at radius 1 is 1.20 bits per heavy atom. The quantitative estimate of drug-likeness (QED) is 0.739. The van der Waals surface area contributed by atoms with Crippen molar-refractivity contribution in [1.29, 1.82) is 0 Å². The molecule has 116 valence electrons. The van der Waals surface area contributed by atoms with Crippen LogP contribution in [0.25, 0.3) is 0 Å². The highest BCUT2D eigenvalue weighted by atomic mass is 16.5. The fourth-order valence-electron chi connectivity index (χ4n) is 3.76. The fourth-order valence-corrected chi connectivity index (χ4v) is 3.76. The van der Waals surface area contributed by atoms with Gasteiger partial charge in [0.15, 0.2) is 0 Å². The van der Waals surface area contributed by atoms with Gasteiger partial charge in [-0.3, -0.25) is 9.69 Å². The van der Waals surface area contributed by atoms with Crippen LogP contribution < -0.4 is 0 Å². The SMILES string of the molecule is CC(C)[C@H]1CC[C@@H](C)C[C@H]1OC(=O)CN1CCCCC1. The summed E-state index contributed by atoms with van der Waals surface area (Å²) in [6.07, 6.45) is 7.44. The van der Waals surface area contributed by atoms with E-state index in [4.69, 9.17) is 4.74 Å². The predicted molar refractivity (Wildman–Crippen MR) is 81.5 cm³/mol. The number of carbonyl (C=O) groups excluding carboxylic acids is 1. The summed E-state index contributed by atoms with van der Waals surface area (Å²) < 4.78 is 5.86. The maximum atomic E-state index is 12.2. The summed E-state index contributed by atoms with van der Waals surface area (Å²) in [7, 11) is 0. The second-order valence-electron chi connectivity index (χ2n) is 7.19. The Bertz CT molecular complexity index is 310. The fraction of sp³-hybridized carbons (Fsp3) is 0.941. The Balaban J connectivity index is 1.83. The number of nitrogens with zero attached hydrogens (tertiary/aromatic N) is 1. The normalized spacial score (nSPS) is 32.3. The van der Waals surface area contributed by atoms with Gasteiger partial charge >= 0.3 is 5.97 Å².